The molecule has 2 atom stereocenters. The van der Waals surface area contributed by atoms with Crippen LogP contribution in [0.3, 0.4) is 0 Å². The molecule has 0 N–H and O–H groups in total. The minimum atomic E-state index is -1.59. The summed E-state index contributed by atoms with van der Waals surface area (Å²) in [6.07, 6.45) is 0. The van der Waals surface area contributed by atoms with Crippen LogP contribution in [-0.4, -0.2) is 0 Å². The molecular formula is C48H52O4P2. The Balaban J connectivity index is 1.48. The highest BCUT2D eigenvalue weighted by Gasteiger charge is 2.29. The SMILES string of the molecule is Cc1cc(C)c(OP(Oc2ccccc2C(C)(C)C)c2ccccc2)c(-c2cc(C)cc(C)c2OP(Oc2ccccc2C(C)(C)C)c2ccccc2)c1. The zero-order chi connectivity index (χ0) is 38.6. The first-order chi connectivity index (χ1) is 25.7. The van der Waals surface area contributed by atoms with E-state index in [0.717, 1.165) is 78.1 Å². The average molecular weight is 755 g/mol. The molecule has 0 spiro atoms. The first-order valence-corrected chi connectivity index (χ1v) is 20.9. The predicted octanol–water partition coefficient (Wildman–Crippen LogP) is 13.4. The van der Waals surface area contributed by atoms with E-state index in [4.69, 9.17) is 18.1 Å². The van der Waals surface area contributed by atoms with E-state index in [1.54, 1.807) is 0 Å². The Kier molecular flexibility index (Phi) is 11.9. The van der Waals surface area contributed by atoms with Gasteiger partial charge in [-0.25, -0.2) is 0 Å². The fourth-order valence-corrected chi connectivity index (χ4v) is 9.39. The van der Waals surface area contributed by atoms with Crippen LogP contribution in [0.5, 0.6) is 23.0 Å². The monoisotopic (exact) mass is 754 g/mol. The fourth-order valence-electron chi connectivity index (χ4n) is 6.57. The van der Waals surface area contributed by atoms with Gasteiger partial charge in [0.15, 0.2) is 0 Å². The van der Waals surface area contributed by atoms with Crippen molar-refractivity contribution < 1.29 is 18.1 Å². The van der Waals surface area contributed by atoms with E-state index >= 15 is 0 Å². The number of hydrogen-bond acceptors (Lipinski definition) is 4. The lowest BCUT2D eigenvalue weighted by Crippen LogP contribution is -2.16. The molecule has 0 fully saturated rings. The molecule has 0 aliphatic heterocycles. The van der Waals surface area contributed by atoms with E-state index in [1.807, 2.05) is 60.7 Å². The maximum atomic E-state index is 7.18. The Labute approximate surface area is 325 Å². The second kappa shape index (κ2) is 16.4. The van der Waals surface area contributed by atoms with Crippen molar-refractivity contribution in [3.05, 3.63) is 167 Å². The number of hydrogen-bond donors (Lipinski definition) is 0. The molecule has 4 nitrogen and oxygen atoms in total. The van der Waals surface area contributed by atoms with Gasteiger partial charge >= 0.3 is 16.8 Å². The summed E-state index contributed by atoms with van der Waals surface area (Å²) in [4.78, 5) is 0. The normalized spacial score (nSPS) is 12.9. The summed E-state index contributed by atoms with van der Waals surface area (Å²) in [7, 11) is -3.18. The van der Waals surface area contributed by atoms with Crippen molar-refractivity contribution in [2.45, 2.75) is 80.1 Å². The molecule has 6 rings (SSSR count). The Hall–Kier alpha value is -4.62. The van der Waals surface area contributed by atoms with Gasteiger partial charge in [0.2, 0.25) is 0 Å². The van der Waals surface area contributed by atoms with E-state index in [9.17, 15) is 0 Å². The molecule has 0 bridgehead atoms. The maximum absolute atomic E-state index is 7.18. The highest BCUT2D eigenvalue weighted by atomic mass is 31.2. The largest absolute Gasteiger partial charge is 0.435 e. The summed E-state index contributed by atoms with van der Waals surface area (Å²) in [6.45, 7) is 21.7. The quantitative estimate of drug-likeness (QED) is 0.123. The second-order valence-electron chi connectivity index (χ2n) is 16.0. The first-order valence-electron chi connectivity index (χ1n) is 18.5. The third-order valence-electron chi connectivity index (χ3n) is 9.16. The van der Waals surface area contributed by atoms with Crippen LogP contribution in [0.4, 0.5) is 0 Å². The molecule has 2 unspecified atom stereocenters. The average Bonchev–Trinajstić information content (AvgIpc) is 3.13. The van der Waals surface area contributed by atoms with E-state index < -0.39 is 16.8 Å². The van der Waals surface area contributed by atoms with E-state index in [-0.39, 0.29) is 10.8 Å². The van der Waals surface area contributed by atoms with Crippen LogP contribution in [-0.2, 0) is 10.8 Å². The molecule has 0 aliphatic rings. The van der Waals surface area contributed by atoms with Crippen LogP contribution in [0.25, 0.3) is 11.1 Å². The lowest BCUT2D eigenvalue weighted by molar-refractivity contribution is 0.477. The second-order valence-corrected chi connectivity index (χ2v) is 18.8. The lowest BCUT2D eigenvalue weighted by atomic mass is 9.86. The number of rotatable bonds is 11. The van der Waals surface area contributed by atoms with Crippen LogP contribution < -0.4 is 28.7 Å². The summed E-state index contributed by atoms with van der Waals surface area (Å²) in [5.41, 5.74) is 8.22. The standard InChI is InChI=1S/C48H52O4P2/c1-33-29-35(3)45(51-53(37-21-13-11-14-22-37)49-43-27-19-17-25-41(43)47(5,6)7)39(31-33)40-32-34(2)30-36(4)46(40)52-54(38-23-15-12-16-24-38)50-44-28-20-18-26-42(44)48(8,9)10/h11-32H,1-10H3. The maximum Gasteiger partial charge on any atom is 0.326 e. The highest BCUT2D eigenvalue weighted by Crippen LogP contribution is 2.52. The molecule has 0 heterocycles. The Morgan fingerprint density at radius 2 is 0.722 bits per heavy atom. The van der Waals surface area contributed by atoms with E-state index in [1.165, 1.54) is 0 Å². The lowest BCUT2D eigenvalue weighted by Gasteiger charge is -2.28. The molecule has 278 valence electrons. The molecule has 0 radical (unpaired) electrons. The van der Waals surface area contributed by atoms with Gasteiger partial charge in [0.1, 0.15) is 23.0 Å². The number of para-hydroxylation sites is 2. The van der Waals surface area contributed by atoms with Crippen molar-refractivity contribution in [1.82, 2.24) is 0 Å². The molecule has 0 amide bonds. The molecule has 0 saturated carbocycles. The van der Waals surface area contributed by atoms with Crippen LogP contribution in [0, 0.1) is 27.7 Å². The van der Waals surface area contributed by atoms with Gasteiger partial charge in [0.05, 0.1) is 10.6 Å². The number of benzene rings is 6. The van der Waals surface area contributed by atoms with Gasteiger partial charge in [-0.1, -0.05) is 126 Å². The van der Waals surface area contributed by atoms with Crippen LogP contribution in [0.15, 0.2) is 133 Å². The fraction of sp³-hybridized carbons (Fsp3) is 0.250. The zero-order valence-electron chi connectivity index (χ0n) is 33.2. The predicted molar refractivity (Wildman–Crippen MR) is 230 cm³/mol. The third-order valence-corrected chi connectivity index (χ3v) is 12.0. The summed E-state index contributed by atoms with van der Waals surface area (Å²) in [6, 6.07) is 45.8. The summed E-state index contributed by atoms with van der Waals surface area (Å²) in [5.74, 6) is 3.18. The Morgan fingerprint density at radius 1 is 0.389 bits per heavy atom. The summed E-state index contributed by atoms with van der Waals surface area (Å²) in [5, 5.41) is 1.97. The van der Waals surface area contributed by atoms with Crippen LogP contribution >= 0.6 is 16.8 Å². The highest BCUT2D eigenvalue weighted by molar-refractivity contribution is 7.57. The molecule has 54 heavy (non-hydrogen) atoms. The topological polar surface area (TPSA) is 36.9 Å². The van der Waals surface area contributed by atoms with Crippen molar-refractivity contribution in [2.24, 2.45) is 0 Å². The number of aryl methyl sites for hydroxylation is 4. The van der Waals surface area contributed by atoms with Gasteiger partial charge in [-0.3, -0.25) is 0 Å². The molecule has 6 aromatic carbocycles. The molecule has 6 aromatic rings. The van der Waals surface area contributed by atoms with E-state index in [0.29, 0.717) is 0 Å². The van der Waals surface area contributed by atoms with E-state index in [2.05, 4.69) is 142 Å². The van der Waals surface area contributed by atoms with Crippen molar-refractivity contribution in [1.29, 1.82) is 0 Å². The van der Waals surface area contributed by atoms with Gasteiger partial charge in [-0.05, 0) is 120 Å². The first kappa shape index (κ1) is 39.1. The van der Waals surface area contributed by atoms with Crippen LogP contribution in [0.1, 0.15) is 74.9 Å². The minimum Gasteiger partial charge on any atom is -0.435 e. The molecule has 0 saturated heterocycles. The smallest absolute Gasteiger partial charge is 0.326 e. The van der Waals surface area contributed by atoms with Crippen molar-refractivity contribution in [2.75, 3.05) is 0 Å². The molecular weight excluding hydrogens is 702 g/mol. The van der Waals surface area contributed by atoms with Crippen molar-refractivity contribution in [3.63, 3.8) is 0 Å². The van der Waals surface area contributed by atoms with Gasteiger partial charge in [-0.15, -0.1) is 0 Å². The summed E-state index contributed by atoms with van der Waals surface area (Å²) >= 11 is 0. The van der Waals surface area contributed by atoms with Crippen molar-refractivity contribution in [3.8, 4) is 34.1 Å². The summed E-state index contributed by atoms with van der Waals surface area (Å²) < 4.78 is 28.2. The van der Waals surface area contributed by atoms with Gasteiger partial charge in [0, 0.05) is 11.1 Å². The minimum absolute atomic E-state index is 0.114. The Morgan fingerprint density at radius 3 is 1.07 bits per heavy atom. The van der Waals surface area contributed by atoms with Gasteiger partial charge in [-0.2, -0.15) is 0 Å². The third kappa shape index (κ3) is 9.18. The molecule has 0 aromatic heterocycles. The van der Waals surface area contributed by atoms with Crippen LogP contribution in [0.2, 0.25) is 0 Å². The van der Waals surface area contributed by atoms with Crippen molar-refractivity contribution >= 4 is 27.4 Å². The molecule has 6 heteroatoms. The van der Waals surface area contributed by atoms with Gasteiger partial charge in [0.25, 0.3) is 0 Å². The zero-order valence-corrected chi connectivity index (χ0v) is 35.0. The Bertz CT molecular complexity index is 2040. The molecule has 0 aliphatic carbocycles. The van der Waals surface area contributed by atoms with Gasteiger partial charge < -0.3 is 18.1 Å².